The molecule has 0 bridgehead atoms. The summed E-state index contributed by atoms with van der Waals surface area (Å²) in [5.41, 5.74) is 6.23. The highest BCUT2D eigenvalue weighted by Gasteiger charge is 2.24. The van der Waals surface area contributed by atoms with Gasteiger partial charge in [0.25, 0.3) is 0 Å². The van der Waals surface area contributed by atoms with E-state index in [0.717, 1.165) is 5.56 Å². The number of rotatable bonds is 5. The second-order valence-electron chi connectivity index (χ2n) is 3.71. The zero-order valence-electron chi connectivity index (χ0n) is 9.50. The van der Waals surface area contributed by atoms with Gasteiger partial charge in [0.2, 0.25) is 10.0 Å². The van der Waals surface area contributed by atoms with Crippen molar-refractivity contribution >= 4 is 10.0 Å². The molecule has 90 valence electrons. The number of sulfonamides is 1. The van der Waals surface area contributed by atoms with Gasteiger partial charge in [-0.2, -0.15) is 0 Å². The molecule has 2 N–H and O–H groups in total. The first-order valence-electron chi connectivity index (χ1n) is 5.02. The topological polar surface area (TPSA) is 76.3 Å². The molecule has 0 aliphatic heterocycles. The highest BCUT2D eigenvalue weighted by atomic mass is 32.2. The standard InChI is InChI=1S/C10H17N3O2S/c1-9(6-11)16(14,15)13(2)8-10-4-3-5-12-7-10/h3-5,7,9H,6,8,11H2,1-2H3. The molecule has 1 aromatic rings. The minimum Gasteiger partial charge on any atom is -0.329 e. The van der Waals surface area contributed by atoms with Crippen LogP contribution in [-0.4, -0.2) is 36.5 Å². The van der Waals surface area contributed by atoms with Crippen LogP contribution in [-0.2, 0) is 16.6 Å². The van der Waals surface area contributed by atoms with Crippen molar-refractivity contribution in [1.82, 2.24) is 9.29 Å². The van der Waals surface area contributed by atoms with Crippen molar-refractivity contribution in [3.8, 4) is 0 Å². The minimum atomic E-state index is -3.31. The third-order valence-corrected chi connectivity index (χ3v) is 4.61. The third kappa shape index (κ3) is 3.01. The van der Waals surface area contributed by atoms with E-state index in [1.807, 2.05) is 6.07 Å². The summed E-state index contributed by atoms with van der Waals surface area (Å²) in [6, 6.07) is 3.62. The maximum absolute atomic E-state index is 11.9. The van der Waals surface area contributed by atoms with Crippen LogP contribution in [0.25, 0.3) is 0 Å². The van der Waals surface area contributed by atoms with E-state index in [-0.39, 0.29) is 6.54 Å². The van der Waals surface area contributed by atoms with Crippen LogP contribution in [0.5, 0.6) is 0 Å². The Morgan fingerprint density at radius 1 is 1.56 bits per heavy atom. The van der Waals surface area contributed by atoms with Gasteiger partial charge in [-0.1, -0.05) is 6.07 Å². The molecule has 0 aliphatic rings. The average molecular weight is 243 g/mol. The summed E-state index contributed by atoms with van der Waals surface area (Å²) in [5, 5.41) is -0.561. The predicted octanol–water partition coefficient (Wildman–Crippen LogP) is 0.190. The maximum atomic E-state index is 11.9. The van der Waals surface area contributed by atoms with Crippen LogP contribution in [0, 0.1) is 0 Å². The van der Waals surface area contributed by atoms with Gasteiger partial charge in [0.15, 0.2) is 0 Å². The smallest absolute Gasteiger partial charge is 0.218 e. The molecule has 0 fully saturated rings. The predicted molar refractivity (Wildman–Crippen MR) is 63.1 cm³/mol. The van der Waals surface area contributed by atoms with Crippen molar-refractivity contribution in [2.45, 2.75) is 18.7 Å². The van der Waals surface area contributed by atoms with Crippen molar-refractivity contribution < 1.29 is 8.42 Å². The molecule has 16 heavy (non-hydrogen) atoms. The Morgan fingerprint density at radius 3 is 2.75 bits per heavy atom. The quantitative estimate of drug-likeness (QED) is 0.801. The van der Waals surface area contributed by atoms with Gasteiger partial charge in [-0.25, -0.2) is 12.7 Å². The van der Waals surface area contributed by atoms with Crippen LogP contribution >= 0.6 is 0 Å². The van der Waals surface area contributed by atoms with E-state index in [1.165, 1.54) is 4.31 Å². The van der Waals surface area contributed by atoms with E-state index in [2.05, 4.69) is 4.98 Å². The Balaban J connectivity index is 2.77. The highest BCUT2D eigenvalue weighted by Crippen LogP contribution is 2.10. The SMILES string of the molecule is CC(CN)S(=O)(=O)N(C)Cc1cccnc1. The molecule has 1 rings (SSSR count). The van der Waals surface area contributed by atoms with Crippen molar-refractivity contribution in [1.29, 1.82) is 0 Å². The summed E-state index contributed by atoms with van der Waals surface area (Å²) in [6.45, 7) is 2.05. The highest BCUT2D eigenvalue weighted by molar-refractivity contribution is 7.89. The molecule has 0 aliphatic carbocycles. The Morgan fingerprint density at radius 2 is 2.25 bits per heavy atom. The second-order valence-corrected chi connectivity index (χ2v) is 6.17. The zero-order chi connectivity index (χ0) is 12.2. The van der Waals surface area contributed by atoms with Crippen LogP contribution in [0.2, 0.25) is 0 Å². The zero-order valence-corrected chi connectivity index (χ0v) is 10.3. The Hall–Kier alpha value is -0.980. The molecule has 1 unspecified atom stereocenters. The first-order chi connectivity index (χ1) is 7.48. The van der Waals surface area contributed by atoms with Crippen LogP contribution in [0.1, 0.15) is 12.5 Å². The lowest BCUT2D eigenvalue weighted by atomic mass is 10.3. The maximum Gasteiger partial charge on any atom is 0.218 e. The Bertz CT molecular complexity index is 419. The molecular formula is C10H17N3O2S. The molecule has 0 radical (unpaired) electrons. The van der Waals surface area contributed by atoms with Gasteiger partial charge in [0.05, 0.1) is 5.25 Å². The van der Waals surface area contributed by atoms with E-state index >= 15 is 0 Å². The summed E-state index contributed by atoms with van der Waals surface area (Å²) >= 11 is 0. The van der Waals surface area contributed by atoms with Gasteiger partial charge in [-0.05, 0) is 18.6 Å². The van der Waals surface area contributed by atoms with E-state index in [1.54, 1.807) is 32.4 Å². The van der Waals surface area contributed by atoms with Crippen molar-refractivity contribution in [3.63, 3.8) is 0 Å². The summed E-state index contributed by atoms with van der Waals surface area (Å²) in [4.78, 5) is 3.94. The van der Waals surface area contributed by atoms with E-state index < -0.39 is 15.3 Å². The van der Waals surface area contributed by atoms with Crippen molar-refractivity contribution in [3.05, 3.63) is 30.1 Å². The monoisotopic (exact) mass is 243 g/mol. The van der Waals surface area contributed by atoms with Crippen LogP contribution < -0.4 is 5.73 Å². The van der Waals surface area contributed by atoms with Gasteiger partial charge < -0.3 is 5.73 Å². The average Bonchev–Trinajstić information content (AvgIpc) is 2.29. The molecule has 0 saturated heterocycles. The minimum absolute atomic E-state index is 0.125. The molecule has 0 aromatic carbocycles. The summed E-state index contributed by atoms with van der Waals surface area (Å²) < 4.78 is 25.1. The van der Waals surface area contributed by atoms with Crippen molar-refractivity contribution in [2.24, 2.45) is 5.73 Å². The normalized spacial score (nSPS) is 14.0. The van der Waals surface area contributed by atoms with Gasteiger partial charge in [0, 0.05) is 32.5 Å². The van der Waals surface area contributed by atoms with Gasteiger partial charge in [-0.15, -0.1) is 0 Å². The molecular weight excluding hydrogens is 226 g/mol. The van der Waals surface area contributed by atoms with Gasteiger partial charge in [-0.3, -0.25) is 4.98 Å². The lowest BCUT2D eigenvalue weighted by Crippen LogP contribution is -2.38. The van der Waals surface area contributed by atoms with E-state index in [9.17, 15) is 8.42 Å². The number of hydrogen-bond donors (Lipinski definition) is 1. The fourth-order valence-electron chi connectivity index (χ4n) is 1.27. The first kappa shape index (κ1) is 13.1. The van der Waals surface area contributed by atoms with E-state index in [4.69, 9.17) is 5.73 Å². The molecule has 5 nitrogen and oxygen atoms in total. The Labute approximate surface area is 96.3 Å². The molecule has 1 aromatic heterocycles. The molecule has 6 heteroatoms. The number of aromatic nitrogens is 1. The number of nitrogens with two attached hydrogens (primary N) is 1. The summed E-state index contributed by atoms with van der Waals surface area (Å²) in [6.07, 6.45) is 3.31. The Kier molecular flexibility index (Phi) is 4.40. The summed E-state index contributed by atoms with van der Waals surface area (Å²) in [7, 11) is -1.76. The second kappa shape index (κ2) is 5.38. The number of hydrogen-bond acceptors (Lipinski definition) is 4. The molecule has 1 atom stereocenters. The fourth-order valence-corrected chi connectivity index (χ4v) is 2.45. The number of pyridine rings is 1. The lowest BCUT2D eigenvalue weighted by molar-refractivity contribution is 0.457. The van der Waals surface area contributed by atoms with Crippen LogP contribution in [0.15, 0.2) is 24.5 Å². The fraction of sp³-hybridized carbons (Fsp3) is 0.500. The van der Waals surface area contributed by atoms with Gasteiger partial charge in [0.1, 0.15) is 0 Å². The number of nitrogens with zero attached hydrogens (tertiary/aromatic N) is 2. The first-order valence-corrected chi connectivity index (χ1v) is 6.53. The van der Waals surface area contributed by atoms with Crippen LogP contribution in [0.4, 0.5) is 0 Å². The van der Waals surface area contributed by atoms with E-state index in [0.29, 0.717) is 6.54 Å². The lowest BCUT2D eigenvalue weighted by Gasteiger charge is -2.20. The van der Waals surface area contributed by atoms with Crippen molar-refractivity contribution in [2.75, 3.05) is 13.6 Å². The molecule has 0 saturated carbocycles. The van der Waals surface area contributed by atoms with Gasteiger partial charge >= 0.3 is 0 Å². The summed E-state index contributed by atoms with van der Waals surface area (Å²) in [5.74, 6) is 0. The largest absolute Gasteiger partial charge is 0.329 e. The third-order valence-electron chi connectivity index (χ3n) is 2.40. The van der Waals surface area contributed by atoms with Crippen LogP contribution in [0.3, 0.4) is 0 Å². The molecule has 1 heterocycles. The molecule has 0 amide bonds. The molecule has 0 spiro atoms.